The molecule has 2 rings (SSSR count). The number of hydrogen-bond acceptors (Lipinski definition) is 6. The Morgan fingerprint density at radius 2 is 1.79 bits per heavy atom. The van der Waals surface area contributed by atoms with Crippen molar-refractivity contribution in [3.05, 3.63) is 59.4 Å². The van der Waals surface area contributed by atoms with E-state index in [1.54, 1.807) is 24.3 Å². The number of carbonyl (C=O) groups is 2. The van der Waals surface area contributed by atoms with Crippen LogP contribution in [0.25, 0.3) is 0 Å². The summed E-state index contributed by atoms with van der Waals surface area (Å²) in [6.07, 6.45) is 0. The van der Waals surface area contributed by atoms with Gasteiger partial charge in [-0.1, -0.05) is 12.1 Å². The highest BCUT2D eigenvalue weighted by atomic mass is 32.2. The Balaban J connectivity index is 1.94. The summed E-state index contributed by atoms with van der Waals surface area (Å²) in [5.41, 5.74) is 0.218. The van der Waals surface area contributed by atoms with Gasteiger partial charge in [-0.05, 0) is 42.9 Å². The Kier molecular flexibility index (Phi) is 7.07. The topological polar surface area (TPSA) is 111 Å². The zero-order chi connectivity index (χ0) is 20.7. The van der Waals surface area contributed by atoms with Crippen LogP contribution < -0.4 is 14.8 Å². The maximum absolute atomic E-state index is 13.8. The van der Waals surface area contributed by atoms with Crippen molar-refractivity contribution in [2.75, 3.05) is 20.8 Å². The van der Waals surface area contributed by atoms with E-state index in [0.29, 0.717) is 5.75 Å². The zero-order valence-electron chi connectivity index (χ0n) is 15.2. The molecule has 0 aliphatic carbocycles. The highest BCUT2D eigenvalue weighted by molar-refractivity contribution is 7.89. The molecule has 8 nitrogen and oxygen atoms in total. The van der Waals surface area contributed by atoms with E-state index in [1.165, 1.54) is 14.2 Å². The third kappa shape index (κ3) is 5.51. The Morgan fingerprint density at radius 3 is 2.39 bits per heavy atom. The van der Waals surface area contributed by atoms with Gasteiger partial charge in [0.15, 0.2) is 6.61 Å². The monoisotopic (exact) mass is 410 g/mol. The van der Waals surface area contributed by atoms with E-state index in [1.807, 2.05) is 0 Å². The average molecular weight is 410 g/mol. The molecular formula is C18H19FN2O6S. The first-order valence-corrected chi connectivity index (χ1v) is 9.55. The van der Waals surface area contributed by atoms with Crippen molar-refractivity contribution in [1.29, 1.82) is 0 Å². The molecule has 0 fully saturated rings. The molecule has 2 aromatic carbocycles. The fraction of sp³-hybridized carbons (Fsp3) is 0.222. The SMILES string of the molecule is CNS(=O)(=O)c1ccc(F)c(C(=O)OCC(=O)NCc2ccc(OC)cc2)c1. The van der Waals surface area contributed by atoms with Crippen molar-refractivity contribution in [3.8, 4) is 5.75 Å². The lowest BCUT2D eigenvalue weighted by Crippen LogP contribution is -2.28. The van der Waals surface area contributed by atoms with Gasteiger partial charge in [0.25, 0.3) is 5.91 Å². The summed E-state index contributed by atoms with van der Waals surface area (Å²) in [6, 6.07) is 9.68. The van der Waals surface area contributed by atoms with E-state index in [4.69, 9.17) is 9.47 Å². The molecule has 0 bridgehead atoms. The summed E-state index contributed by atoms with van der Waals surface area (Å²) >= 11 is 0. The predicted molar refractivity (Wildman–Crippen MR) is 97.8 cm³/mol. The smallest absolute Gasteiger partial charge is 0.341 e. The third-order valence-corrected chi connectivity index (χ3v) is 5.13. The Morgan fingerprint density at radius 1 is 1.11 bits per heavy atom. The number of esters is 1. The lowest BCUT2D eigenvalue weighted by Gasteiger charge is -2.09. The molecule has 1 amide bonds. The fourth-order valence-corrected chi connectivity index (χ4v) is 2.91. The van der Waals surface area contributed by atoms with Gasteiger partial charge < -0.3 is 14.8 Å². The van der Waals surface area contributed by atoms with Crippen LogP contribution in [0.5, 0.6) is 5.75 Å². The predicted octanol–water partition coefficient (Wildman–Crippen LogP) is 1.22. The molecule has 0 spiro atoms. The molecule has 0 atom stereocenters. The number of carbonyl (C=O) groups excluding carboxylic acids is 2. The van der Waals surface area contributed by atoms with Crippen LogP contribution >= 0.6 is 0 Å². The summed E-state index contributed by atoms with van der Waals surface area (Å²) in [7, 11) is -1.14. The first-order chi connectivity index (χ1) is 13.3. The van der Waals surface area contributed by atoms with E-state index in [2.05, 4.69) is 10.0 Å². The van der Waals surface area contributed by atoms with Gasteiger partial charge >= 0.3 is 5.97 Å². The third-order valence-electron chi connectivity index (χ3n) is 3.72. The Hall–Kier alpha value is -2.98. The van der Waals surface area contributed by atoms with E-state index in [0.717, 1.165) is 23.8 Å². The highest BCUT2D eigenvalue weighted by Crippen LogP contribution is 2.16. The first kappa shape index (κ1) is 21.3. The second-order valence-corrected chi connectivity index (χ2v) is 7.44. The molecule has 2 N–H and O–H groups in total. The minimum absolute atomic E-state index is 0.199. The summed E-state index contributed by atoms with van der Waals surface area (Å²) in [5.74, 6) is -2.03. The lowest BCUT2D eigenvalue weighted by atomic mass is 10.2. The molecule has 150 valence electrons. The summed E-state index contributed by atoms with van der Waals surface area (Å²) in [5, 5.41) is 2.55. The number of ether oxygens (including phenoxy) is 2. The molecule has 0 aliphatic heterocycles. The van der Waals surface area contributed by atoms with Crippen LogP contribution in [-0.4, -0.2) is 41.1 Å². The maximum atomic E-state index is 13.8. The average Bonchev–Trinajstić information content (AvgIpc) is 2.71. The second-order valence-electron chi connectivity index (χ2n) is 5.55. The molecule has 0 heterocycles. The number of methoxy groups -OCH3 is 1. The van der Waals surface area contributed by atoms with Crippen molar-refractivity contribution in [2.24, 2.45) is 0 Å². The van der Waals surface area contributed by atoms with Gasteiger partial charge in [0.2, 0.25) is 10.0 Å². The van der Waals surface area contributed by atoms with Gasteiger partial charge in [-0.2, -0.15) is 0 Å². The number of nitrogens with one attached hydrogen (secondary N) is 2. The van der Waals surface area contributed by atoms with Gasteiger partial charge in [0.1, 0.15) is 11.6 Å². The molecule has 0 aromatic heterocycles. The Bertz CT molecular complexity index is 961. The van der Waals surface area contributed by atoms with Gasteiger partial charge in [0, 0.05) is 6.54 Å². The van der Waals surface area contributed by atoms with Crippen molar-refractivity contribution in [2.45, 2.75) is 11.4 Å². The van der Waals surface area contributed by atoms with Crippen LogP contribution in [0, 0.1) is 5.82 Å². The van der Waals surface area contributed by atoms with Gasteiger partial charge in [0.05, 0.1) is 17.6 Å². The molecule has 28 heavy (non-hydrogen) atoms. The van der Waals surface area contributed by atoms with Crippen LogP contribution in [0.3, 0.4) is 0 Å². The molecule has 0 radical (unpaired) electrons. The van der Waals surface area contributed by atoms with Gasteiger partial charge in [-0.15, -0.1) is 0 Å². The van der Waals surface area contributed by atoms with Crippen molar-refractivity contribution in [1.82, 2.24) is 10.0 Å². The standard InChI is InChI=1S/C18H19FN2O6S/c1-20-28(24,25)14-7-8-16(19)15(9-14)18(23)27-11-17(22)21-10-12-3-5-13(26-2)6-4-12/h3-9,20H,10-11H2,1-2H3,(H,21,22). The van der Waals surface area contributed by atoms with E-state index in [-0.39, 0.29) is 11.4 Å². The first-order valence-electron chi connectivity index (χ1n) is 8.06. The lowest BCUT2D eigenvalue weighted by molar-refractivity contribution is -0.124. The minimum atomic E-state index is -3.86. The molecular weight excluding hydrogens is 391 g/mol. The number of halogens is 1. The largest absolute Gasteiger partial charge is 0.497 e. The van der Waals surface area contributed by atoms with Crippen LogP contribution in [0.1, 0.15) is 15.9 Å². The number of rotatable bonds is 8. The molecule has 0 saturated heterocycles. The number of benzene rings is 2. The van der Waals surface area contributed by atoms with Crippen molar-refractivity contribution in [3.63, 3.8) is 0 Å². The summed E-state index contributed by atoms with van der Waals surface area (Å²) in [6.45, 7) is -0.442. The molecule has 2 aromatic rings. The number of sulfonamides is 1. The van der Waals surface area contributed by atoms with E-state index < -0.39 is 39.9 Å². The van der Waals surface area contributed by atoms with Crippen molar-refractivity contribution < 1.29 is 31.9 Å². The summed E-state index contributed by atoms with van der Waals surface area (Å²) < 4.78 is 49.2. The van der Waals surface area contributed by atoms with Gasteiger partial charge in [-0.25, -0.2) is 22.3 Å². The maximum Gasteiger partial charge on any atom is 0.341 e. The molecule has 0 unspecified atom stereocenters. The van der Waals surface area contributed by atoms with E-state index >= 15 is 0 Å². The molecule has 0 saturated carbocycles. The highest BCUT2D eigenvalue weighted by Gasteiger charge is 2.20. The van der Waals surface area contributed by atoms with Crippen molar-refractivity contribution >= 4 is 21.9 Å². The normalized spacial score (nSPS) is 11.0. The molecule has 0 aliphatic rings. The van der Waals surface area contributed by atoms with E-state index in [9.17, 15) is 22.4 Å². The van der Waals surface area contributed by atoms with Crippen LogP contribution in [0.2, 0.25) is 0 Å². The number of hydrogen-bond donors (Lipinski definition) is 2. The minimum Gasteiger partial charge on any atom is -0.497 e. The fourth-order valence-electron chi connectivity index (χ4n) is 2.15. The Labute approximate surface area is 161 Å². The zero-order valence-corrected chi connectivity index (χ0v) is 16.0. The second kappa shape index (κ2) is 9.29. The van der Waals surface area contributed by atoms with Crippen LogP contribution in [-0.2, 0) is 26.1 Å². The quantitative estimate of drug-likeness (QED) is 0.633. The van der Waals surface area contributed by atoms with Crippen LogP contribution in [0.4, 0.5) is 4.39 Å². The number of amides is 1. The molecule has 10 heteroatoms. The summed E-state index contributed by atoms with van der Waals surface area (Å²) in [4.78, 5) is 23.5. The van der Waals surface area contributed by atoms with Crippen LogP contribution in [0.15, 0.2) is 47.4 Å². The van der Waals surface area contributed by atoms with Gasteiger partial charge in [-0.3, -0.25) is 4.79 Å².